The van der Waals surface area contributed by atoms with Crippen LogP contribution in [-0.4, -0.2) is 76.0 Å². The van der Waals surface area contributed by atoms with Gasteiger partial charge in [0.25, 0.3) is 0 Å². The van der Waals surface area contributed by atoms with Gasteiger partial charge in [0.2, 0.25) is 16.8 Å². The van der Waals surface area contributed by atoms with Crippen molar-refractivity contribution in [3.8, 4) is 11.5 Å². The van der Waals surface area contributed by atoms with Gasteiger partial charge in [-0.15, -0.1) is 0 Å². The number of nitrogens with one attached hydrogen (secondary N) is 1. The Morgan fingerprint density at radius 1 is 1.26 bits per heavy atom. The average Bonchev–Trinajstić information content (AvgIpc) is 3.34. The third kappa shape index (κ3) is 6.45. The Kier molecular flexibility index (Phi) is 6.98. The van der Waals surface area contributed by atoms with Crippen LogP contribution in [0.4, 0.5) is 13.2 Å². The van der Waals surface area contributed by atoms with Crippen molar-refractivity contribution in [2.45, 2.75) is 18.8 Å². The number of alkyl halides is 3. The summed E-state index contributed by atoms with van der Waals surface area (Å²) in [6.45, 7) is 4.02. The van der Waals surface area contributed by atoms with Gasteiger partial charge in [-0.3, -0.25) is 4.90 Å². The number of carboxylic acids is 1. The summed E-state index contributed by atoms with van der Waals surface area (Å²) in [5, 5.41) is 7.12. The van der Waals surface area contributed by atoms with Crippen LogP contribution in [0.1, 0.15) is 5.56 Å². The van der Waals surface area contributed by atoms with E-state index in [0.717, 1.165) is 31.1 Å². The number of hydrogen-bond acceptors (Lipinski definition) is 7. The molecule has 0 saturated carbocycles. The molecule has 174 valence electrons. The topological polar surface area (TPSA) is 114 Å². The Bertz CT molecular complexity index is 910. The molecule has 4 rings (SSSR count). The van der Waals surface area contributed by atoms with Crippen LogP contribution in [0, 0.1) is 11.8 Å². The molecule has 0 bridgehead atoms. The molecule has 31 heavy (non-hydrogen) atoms. The minimum Gasteiger partial charge on any atom is -0.475 e. The van der Waals surface area contributed by atoms with E-state index >= 15 is 0 Å². The number of nitrogens with zero attached hydrogens (tertiary/aromatic N) is 1. The standard InChI is InChI=1S/C16H22N2O5S.C2HF3O2/c1-24(19,20)17-5-12-9-21-16-8-18(7-13(12)16)6-11-2-3-14-15(4-11)23-10-22-14;3-2(4,5)1(6)7/h2-4,12-13,16-17H,5-10H2,1H3;(H,6,7)/t12-,13-,16-;/m1./s1. The number of sulfonamides is 1. The molecule has 0 amide bonds. The maximum Gasteiger partial charge on any atom is 0.490 e. The maximum absolute atomic E-state index is 11.3. The van der Waals surface area contributed by atoms with Crippen molar-refractivity contribution in [2.24, 2.45) is 11.8 Å². The van der Waals surface area contributed by atoms with Crippen molar-refractivity contribution >= 4 is 16.0 Å². The molecule has 3 aliphatic heterocycles. The molecule has 13 heteroatoms. The van der Waals surface area contributed by atoms with Gasteiger partial charge < -0.3 is 19.3 Å². The zero-order chi connectivity index (χ0) is 22.8. The Morgan fingerprint density at radius 2 is 1.94 bits per heavy atom. The summed E-state index contributed by atoms with van der Waals surface area (Å²) in [5.74, 6) is -0.530. The second-order valence-corrected chi connectivity index (χ2v) is 9.43. The fourth-order valence-electron chi connectivity index (χ4n) is 3.78. The van der Waals surface area contributed by atoms with Crippen LogP contribution in [0.25, 0.3) is 0 Å². The van der Waals surface area contributed by atoms with Gasteiger partial charge in [-0.2, -0.15) is 13.2 Å². The van der Waals surface area contributed by atoms with Crippen molar-refractivity contribution in [3.63, 3.8) is 0 Å². The number of carboxylic acid groups (broad SMARTS) is 1. The Morgan fingerprint density at radius 3 is 2.58 bits per heavy atom. The molecule has 0 unspecified atom stereocenters. The van der Waals surface area contributed by atoms with Gasteiger partial charge in [0.1, 0.15) is 0 Å². The van der Waals surface area contributed by atoms with E-state index in [-0.39, 0.29) is 18.8 Å². The molecule has 2 fully saturated rings. The van der Waals surface area contributed by atoms with Crippen LogP contribution in [0.3, 0.4) is 0 Å². The second-order valence-electron chi connectivity index (χ2n) is 7.60. The van der Waals surface area contributed by atoms with E-state index in [9.17, 15) is 21.6 Å². The van der Waals surface area contributed by atoms with E-state index in [1.165, 1.54) is 11.8 Å². The predicted molar refractivity (Wildman–Crippen MR) is 101 cm³/mol. The summed E-state index contributed by atoms with van der Waals surface area (Å²) in [6.07, 6.45) is -3.69. The van der Waals surface area contributed by atoms with E-state index in [1.807, 2.05) is 12.1 Å². The third-order valence-corrected chi connectivity index (χ3v) is 5.90. The molecule has 1 aromatic rings. The lowest BCUT2D eigenvalue weighted by atomic mass is 9.93. The Balaban J connectivity index is 0.000000339. The van der Waals surface area contributed by atoms with Gasteiger partial charge >= 0.3 is 12.1 Å². The summed E-state index contributed by atoms with van der Waals surface area (Å²) in [6, 6.07) is 6.04. The first-order chi connectivity index (χ1) is 14.4. The fourth-order valence-corrected chi connectivity index (χ4v) is 4.29. The molecular formula is C18H23F3N2O7S. The van der Waals surface area contributed by atoms with Gasteiger partial charge in [-0.05, 0) is 17.7 Å². The van der Waals surface area contributed by atoms with Gasteiger partial charge in [-0.25, -0.2) is 17.9 Å². The number of likely N-dealkylation sites (tertiary alicyclic amines) is 1. The molecule has 2 saturated heterocycles. The number of carbonyl (C=O) groups is 1. The van der Waals surface area contributed by atoms with Crippen LogP contribution in [0.15, 0.2) is 18.2 Å². The van der Waals surface area contributed by atoms with E-state index in [2.05, 4.69) is 15.7 Å². The van der Waals surface area contributed by atoms with E-state index < -0.39 is 22.2 Å². The quantitative estimate of drug-likeness (QED) is 0.659. The number of fused-ring (bicyclic) bond motifs is 2. The minimum atomic E-state index is -5.08. The molecule has 1 aromatic carbocycles. The largest absolute Gasteiger partial charge is 0.490 e. The van der Waals surface area contributed by atoms with Crippen molar-refractivity contribution < 1.29 is 45.7 Å². The monoisotopic (exact) mass is 468 g/mol. The molecular weight excluding hydrogens is 445 g/mol. The first kappa shape index (κ1) is 23.6. The van der Waals surface area contributed by atoms with Crippen LogP contribution < -0.4 is 14.2 Å². The normalized spacial score (nSPS) is 25.1. The summed E-state index contributed by atoms with van der Waals surface area (Å²) in [7, 11) is -3.15. The average molecular weight is 468 g/mol. The molecule has 0 radical (unpaired) electrons. The van der Waals surface area contributed by atoms with Crippen LogP contribution >= 0.6 is 0 Å². The first-order valence-corrected chi connectivity index (χ1v) is 11.3. The molecule has 3 heterocycles. The summed E-state index contributed by atoms with van der Waals surface area (Å²) in [5.41, 5.74) is 1.19. The van der Waals surface area contributed by atoms with Crippen molar-refractivity contribution in [2.75, 3.05) is 39.3 Å². The smallest absolute Gasteiger partial charge is 0.475 e. The van der Waals surface area contributed by atoms with Crippen molar-refractivity contribution in [1.82, 2.24) is 9.62 Å². The highest BCUT2D eigenvalue weighted by atomic mass is 32.2. The lowest BCUT2D eigenvalue weighted by molar-refractivity contribution is -0.192. The third-order valence-electron chi connectivity index (χ3n) is 5.21. The zero-order valence-corrected chi connectivity index (χ0v) is 17.4. The highest BCUT2D eigenvalue weighted by Gasteiger charge is 2.43. The van der Waals surface area contributed by atoms with Gasteiger partial charge in [0.15, 0.2) is 11.5 Å². The Labute approximate surface area is 177 Å². The number of aliphatic carboxylic acids is 1. The molecule has 9 nitrogen and oxygen atoms in total. The number of hydrogen-bond donors (Lipinski definition) is 2. The molecule has 3 atom stereocenters. The van der Waals surface area contributed by atoms with Crippen LogP contribution in [0.5, 0.6) is 11.5 Å². The minimum absolute atomic E-state index is 0.199. The molecule has 3 aliphatic rings. The number of halogens is 3. The highest BCUT2D eigenvalue weighted by Crippen LogP contribution is 2.36. The van der Waals surface area contributed by atoms with Gasteiger partial charge in [0, 0.05) is 38.0 Å². The number of benzene rings is 1. The predicted octanol–water partition coefficient (Wildman–Crippen LogP) is 1.04. The SMILES string of the molecule is CS(=O)(=O)NC[C@@H]1CO[C@@H]2CN(Cc3ccc4c(c3)OCO4)C[C@H]12.O=C(O)C(F)(F)F. The zero-order valence-electron chi connectivity index (χ0n) is 16.6. The molecule has 0 aliphatic carbocycles. The van der Waals surface area contributed by atoms with E-state index in [0.29, 0.717) is 19.1 Å². The van der Waals surface area contributed by atoms with Crippen molar-refractivity contribution in [1.29, 1.82) is 0 Å². The second kappa shape index (κ2) is 9.18. The van der Waals surface area contributed by atoms with Crippen LogP contribution in [0.2, 0.25) is 0 Å². The maximum atomic E-state index is 11.3. The van der Waals surface area contributed by atoms with E-state index in [4.69, 9.17) is 24.1 Å². The molecule has 0 spiro atoms. The summed E-state index contributed by atoms with van der Waals surface area (Å²) < 4.78 is 73.6. The van der Waals surface area contributed by atoms with Crippen molar-refractivity contribution in [3.05, 3.63) is 23.8 Å². The summed E-state index contributed by atoms with van der Waals surface area (Å²) >= 11 is 0. The Hall–Kier alpha value is -2.09. The van der Waals surface area contributed by atoms with E-state index in [1.54, 1.807) is 0 Å². The fraction of sp³-hybridized carbons (Fsp3) is 0.611. The highest BCUT2D eigenvalue weighted by molar-refractivity contribution is 7.88. The lowest BCUT2D eigenvalue weighted by Crippen LogP contribution is -2.33. The molecule has 2 N–H and O–H groups in total. The summed E-state index contributed by atoms with van der Waals surface area (Å²) in [4.78, 5) is 11.3. The lowest BCUT2D eigenvalue weighted by Gasteiger charge is -2.19. The van der Waals surface area contributed by atoms with Gasteiger partial charge in [-0.1, -0.05) is 6.07 Å². The van der Waals surface area contributed by atoms with Crippen LogP contribution in [-0.2, 0) is 26.1 Å². The van der Waals surface area contributed by atoms with Gasteiger partial charge in [0.05, 0.1) is 19.0 Å². The number of ether oxygens (including phenoxy) is 3. The first-order valence-electron chi connectivity index (χ1n) is 9.39. The number of rotatable bonds is 5. The molecule has 0 aromatic heterocycles.